The van der Waals surface area contributed by atoms with Crippen LogP contribution in [0.2, 0.25) is 0 Å². The first-order valence-corrected chi connectivity index (χ1v) is 7.99. The van der Waals surface area contributed by atoms with Crippen LogP contribution in [-0.2, 0) is 24.1 Å². The molecule has 1 aliphatic rings. The van der Waals surface area contributed by atoms with Gasteiger partial charge in [0.15, 0.2) is 5.69 Å². The lowest BCUT2D eigenvalue weighted by atomic mass is 10.2. The van der Waals surface area contributed by atoms with Gasteiger partial charge in [0.1, 0.15) is 12.4 Å². The van der Waals surface area contributed by atoms with Crippen LogP contribution in [-0.4, -0.2) is 33.8 Å². The fraction of sp³-hybridized carbons (Fsp3) is 0.438. The predicted octanol–water partition coefficient (Wildman–Crippen LogP) is 2.21. The maximum atomic E-state index is 12.5. The van der Waals surface area contributed by atoms with Crippen LogP contribution in [0.15, 0.2) is 30.6 Å². The van der Waals surface area contributed by atoms with Gasteiger partial charge in [-0.2, -0.15) is 18.3 Å². The number of hydrogen-bond donors (Lipinski definition) is 1. The molecule has 0 bridgehead atoms. The summed E-state index contributed by atoms with van der Waals surface area (Å²) in [7, 11) is 0. The first-order chi connectivity index (χ1) is 11.9. The molecule has 0 atom stereocenters. The van der Waals surface area contributed by atoms with E-state index in [-0.39, 0.29) is 13.1 Å². The zero-order valence-corrected chi connectivity index (χ0v) is 13.5. The Hall–Kier alpha value is -2.58. The van der Waals surface area contributed by atoms with Gasteiger partial charge in [0.25, 0.3) is 0 Å². The van der Waals surface area contributed by atoms with Crippen LogP contribution in [0.3, 0.4) is 0 Å². The monoisotopic (exact) mass is 353 g/mol. The first-order valence-electron chi connectivity index (χ1n) is 7.99. The Morgan fingerprint density at radius 2 is 2.00 bits per heavy atom. The van der Waals surface area contributed by atoms with Gasteiger partial charge in [-0.05, 0) is 36.6 Å². The summed E-state index contributed by atoms with van der Waals surface area (Å²) in [6.07, 6.45) is 0.613. The van der Waals surface area contributed by atoms with Gasteiger partial charge in [0.2, 0.25) is 5.91 Å². The minimum atomic E-state index is -4.51. The van der Waals surface area contributed by atoms with Crippen molar-refractivity contribution in [3.63, 3.8) is 0 Å². The molecule has 0 unspecified atom stereocenters. The van der Waals surface area contributed by atoms with Gasteiger partial charge in [0, 0.05) is 32.0 Å². The molecule has 0 spiro atoms. The highest BCUT2D eigenvalue weighted by Gasteiger charge is 2.33. The number of amides is 1. The van der Waals surface area contributed by atoms with E-state index in [2.05, 4.69) is 20.3 Å². The lowest BCUT2D eigenvalue weighted by Gasteiger charge is -2.17. The summed E-state index contributed by atoms with van der Waals surface area (Å²) in [6, 6.07) is 4.56. The molecule has 9 heteroatoms. The highest BCUT2D eigenvalue weighted by Crippen LogP contribution is 2.27. The van der Waals surface area contributed by atoms with Gasteiger partial charge in [-0.25, -0.2) is 4.98 Å². The summed E-state index contributed by atoms with van der Waals surface area (Å²) in [6.45, 7) is 1.98. The molecule has 0 radical (unpaired) electrons. The molecule has 0 aromatic carbocycles. The lowest BCUT2D eigenvalue weighted by Crippen LogP contribution is -2.27. The number of pyridine rings is 1. The third-order valence-electron chi connectivity index (χ3n) is 3.97. The third kappa shape index (κ3) is 4.49. The van der Waals surface area contributed by atoms with E-state index in [1.807, 2.05) is 6.07 Å². The van der Waals surface area contributed by atoms with Gasteiger partial charge in [-0.1, -0.05) is 0 Å². The van der Waals surface area contributed by atoms with Crippen molar-refractivity contribution in [2.45, 2.75) is 32.1 Å². The van der Waals surface area contributed by atoms with Gasteiger partial charge >= 0.3 is 6.18 Å². The molecule has 1 saturated heterocycles. The smallest absolute Gasteiger partial charge is 0.357 e. The number of rotatable bonds is 5. The minimum absolute atomic E-state index is 0.264. The number of alkyl halides is 3. The average Bonchev–Trinajstić information content (AvgIpc) is 3.24. The molecule has 1 N–H and O–H groups in total. The van der Waals surface area contributed by atoms with Crippen molar-refractivity contribution in [2.24, 2.45) is 0 Å². The van der Waals surface area contributed by atoms with E-state index in [9.17, 15) is 18.0 Å². The number of anilines is 1. The number of carbonyl (C=O) groups is 1. The van der Waals surface area contributed by atoms with Crippen molar-refractivity contribution in [3.05, 3.63) is 41.9 Å². The summed E-state index contributed by atoms with van der Waals surface area (Å²) in [4.78, 5) is 18.4. The minimum Gasteiger partial charge on any atom is -0.357 e. The summed E-state index contributed by atoms with van der Waals surface area (Å²) < 4.78 is 38.4. The van der Waals surface area contributed by atoms with Crippen molar-refractivity contribution in [1.29, 1.82) is 0 Å². The van der Waals surface area contributed by atoms with E-state index in [0.29, 0.717) is 0 Å². The Balaban J connectivity index is 1.54. The third-order valence-corrected chi connectivity index (χ3v) is 3.97. The second-order valence-electron chi connectivity index (χ2n) is 5.89. The Bertz CT molecular complexity index is 737. The highest BCUT2D eigenvalue weighted by molar-refractivity contribution is 5.75. The normalized spacial score (nSPS) is 14.8. The van der Waals surface area contributed by atoms with Gasteiger partial charge in [-0.3, -0.25) is 9.48 Å². The SMILES string of the molecule is O=C(Cn1ccc(C(F)(F)F)n1)NCc1ccnc(N2CCCC2)c1. The van der Waals surface area contributed by atoms with E-state index in [1.54, 1.807) is 12.3 Å². The Morgan fingerprint density at radius 3 is 2.68 bits per heavy atom. The second-order valence-corrected chi connectivity index (χ2v) is 5.89. The predicted molar refractivity (Wildman–Crippen MR) is 84.8 cm³/mol. The van der Waals surface area contributed by atoms with E-state index in [0.717, 1.165) is 54.3 Å². The zero-order valence-electron chi connectivity index (χ0n) is 13.5. The molecule has 3 heterocycles. The van der Waals surface area contributed by atoms with Gasteiger partial charge in [0.05, 0.1) is 0 Å². The number of carbonyl (C=O) groups excluding carboxylic acids is 1. The standard InChI is InChI=1S/C16H18F3N5O/c17-16(18,19)13-4-8-24(22-13)11-15(25)21-10-12-3-5-20-14(9-12)23-6-1-2-7-23/h3-5,8-9H,1-2,6-7,10-11H2,(H,21,25). The van der Waals surface area contributed by atoms with Crippen LogP contribution in [0.25, 0.3) is 0 Å². The number of aromatic nitrogens is 3. The van der Waals surface area contributed by atoms with Crippen LogP contribution < -0.4 is 10.2 Å². The molecule has 1 amide bonds. The fourth-order valence-electron chi connectivity index (χ4n) is 2.69. The molecular formula is C16H18F3N5O. The molecule has 134 valence electrons. The van der Waals surface area contributed by atoms with Crippen molar-refractivity contribution in [1.82, 2.24) is 20.1 Å². The quantitative estimate of drug-likeness (QED) is 0.895. The molecule has 2 aromatic rings. The van der Waals surface area contributed by atoms with E-state index >= 15 is 0 Å². The second kappa shape index (κ2) is 7.12. The molecule has 1 fully saturated rings. The molecule has 0 aliphatic carbocycles. The highest BCUT2D eigenvalue weighted by atomic mass is 19.4. The molecule has 6 nitrogen and oxygen atoms in total. The lowest BCUT2D eigenvalue weighted by molar-refractivity contribution is -0.141. The fourth-order valence-corrected chi connectivity index (χ4v) is 2.69. The maximum absolute atomic E-state index is 12.5. The van der Waals surface area contributed by atoms with E-state index in [4.69, 9.17) is 0 Å². The molecule has 25 heavy (non-hydrogen) atoms. The first kappa shape index (κ1) is 17.2. The maximum Gasteiger partial charge on any atom is 0.435 e. The Kier molecular flexibility index (Phi) is 4.91. The summed E-state index contributed by atoms with van der Waals surface area (Å²) in [5.74, 6) is 0.475. The number of halogens is 3. The topological polar surface area (TPSA) is 63.1 Å². The zero-order chi connectivity index (χ0) is 17.9. The van der Waals surface area contributed by atoms with Crippen molar-refractivity contribution >= 4 is 11.7 Å². The molecule has 1 aliphatic heterocycles. The summed E-state index contributed by atoms with van der Waals surface area (Å²) in [5, 5.41) is 6.04. The summed E-state index contributed by atoms with van der Waals surface area (Å²) >= 11 is 0. The van der Waals surface area contributed by atoms with E-state index < -0.39 is 17.8 Å². The van der Waals surface area contributed by atoms with Gasteiger partial charge < -0.3 is 10.2 Å². The largest absolute Gasteiger partial charge is 0.435 e. The van der Waals surface area contributed by atoms with E-state index in [1.165, 1.54) is 0 Å². The van der Waals surface area contributed by atoms with Crippen LogP contribution in [0.4, 0.5) is 19.0 Å². The Morgan fingerprint density at radius 1 is 1.24 bits per heavy atom. The van der Waals surface area contributed by atoms with Crippen LogP contribution >= 0.6 is 0 Å². The summed E-state index contributed by atoms with van der Waals surface area (Å²) in [5.41, 5.74) is -0.119. The van der Waals surface area contributed by atoms with Crippen LogP contribution in [0, 0.1) is 0 Å². The van der Waals surface area contributed by atoms with Crippen molar-refractivity contribution in [3.8, 4) is 0 Å². The number of nitrogens with one attached hydrogen (secondary N) is 1. The van der Waals surface area contributed by atoms with Crippen LogP contribution in [0.1, 0.15) is 24.1 Å². The Labute approximate surface area is 142 Å². The molecule has 0 saturated carbocycles. The number of nitrogens with zero attached hydrogens (tertiary/aromatic N) is 4. The molecular weight excluding hydrogens is 335 g/mol. The van der Waals surface area contributed by atoms with Crippen molar-refractivity contribution in [2.75, 3.05) is 18.0 Å². The molecule has 3 rings (SSSR count). The van der Waals surface area contributed by atoms with Gasteiger partial charge in [-0.15, -0.1) is 0 Å². The van der Waals surface area contributed by atoms with Crippen molar-refractivity contribution < 1.29 is 18.0 Å². The van der Waals surface area contributed by atoms with Crippen LogP contribution in [0.5, 0.6) is 0 Å². The average molecular weight is 353 g/mol. The molecule has 2 aromatic heterocycles. The number of hydrogen-bond acceptors (Lipinski definition) is 4.